The van der Waals surface area contributed by atoms with Gasteiger partial charge in [-0.2, -0.15) is 13.2 Å². The molecule has 1 aliphatic rings. The van der Waals surface area contributed by atoms with E-state index in [9.17, 15) is 18.0 Å². The molecule has 0 aliphatic carbocycles. The molecule has 0 radical (unpaired) electrons. The van der Waals surface area contributed by atoms with Gasteiger partial charge in [0, 0.05) is 11.9 Å². The summed E-state index contributed by atoms with van der Waals surface area (Å²) < 4.78 is 39.1. The lowest BCUT2D eigenvalue weighted by atomic mass is 10.1. The smallest absolute Gasteiger partial charge is 0.383 e. The van der Waals surface area contributed by atoms with E-state index >= 15 is 0 Å². The first kappa shape index (κ1) is 14.6. The molecule has 0 saturated carbocycles. The van der Waals surface area contributed by atoms with Crippen LogP contribution in [0.15, 0.2) is 24.5 Å². The van der Waals surface area contributed by atoms with Crippen LogP contribution < -0.4 is 5.73 Å². The van der Waals surface area contributed by atoms with E-state index < -0.39 is 18.1 Å². The highest BCUT2D eigenvalue weighted by molar-refractivity contribution is 6.07. The lowest BCUT2D eigenvalue weighted by Crippen LogP contribution is -2.44. The van der Waals surface area contributed by atoms with Crippen molar-refractivity contribution >= 4 is 22.6 Å². The number of carbonyl (C=O) groups is 1. The molecule has 0 spiro atoms. The first-order valence-electron chi connectivity index (χ1n) is 6.76. The number of nitrogen functional groups attached to an aromatic ring is 1. The van der Waals surface area contributed by atoms with Gasteiger partial charge in [-0.15, -0.1) is 0 Å². The zero-order chi connectivity index (χ0) is 15.9. The number of hydrogen-bond donors (Lipinski definition) is 1. The minimum absolute atomic E-state index is 0.0723. The van der Waals surface area contributed by atoms with Crippen LogP contribution in [0.2, 0.25) is 0 Å². The molecule has 1 atom stereocenters. The van der Waals surface area contributed by atoms with Crippen molar-refractivity contribution in [1.82, 2.24) is 14.9 Å². The van der Waals surface area contributed by atoms with E-state index in [1.165, 1.54) is 12.4 Å². The topological polar surface area (TPSA) is 72.1 Å². The summed E-state index contributed by atoms with van der Waals surface area (Å²) in [6.07, 6.45) is -2.97. The highest BCUT2D eigenvalue weighted by Crippen LogP contribution is 2.34. The molecule has 1 saturated heterocycles. The van der Waals surface area contributed by atoms with Gasteiger partial charge >= 0.3 is 6.18 Å². The number of anilines is 1. The average Bonchev–Trinajstić information content (AvgIpc) is 2.96. The van der Waals surface area contributed by atoms with Crippen LogP contribution in [0.25, 0.3) is 10.9 Å². The number of benzene rings is 1. The third kappa shape index (κ3) is 2.34. The van der Waals surface area contributed by atoms with E-state index in [0.717, 1.165) is 4.90 Å². The van der Waals surface area contributed by atoms with Gasteiger partial charge < -0.3 is 10.6 Å². The first-order valence-corrected chi connectivity index (χ1v) is 6.76. The summed E-state index contributed by atoms with van der Waals surface area (Å²) in [5.41, 5.74) is 6.10. The second-order valence-electron chi connectivity index (χ2n) is 5.16. The highest BCUT2D eigenvalue weighted by atomic mass is 19.4. The second-order valence-corrected chi connectivity index (χ2v) is 5.16. The molecule has 5 nitrogen and oxygen atoms in total. The normalized spacial score (nSPS) is 18.9. The van der Waals surface area contributed by atoms with Gasteiger partial charge in [0.1, 0.15) is 18.2 Å². The monoisotopic (exact) mass is 310 g/mol. The Morgan fingerprint density at radius 2 is 2.09 bits per heavy atom. The molecule has 1 amide bonds. The second kappa shape index (κ2) is 5.11. The molecule has 1 aromatic heterocycles. The molecule has 1 aliphatic heterocycles. The van der Waals surface area contributed by atoms with E-state index in [0.29, 0.717) is 11.8 Å². The third-order valence-corrected chi connectivity index (χ3v) is 3.82. The third-order valence-electron chi connectivity index (χ3n) is 3.82. The van der Waals surface area contributed by atoms with Gasteiger partial charge in [0.15, 0.2) is 0 Å². The molecule has 0 bridgehead atoms. The Morgan fingerprint density at radius 1 is 1.32 bits per heavy atom. The fourth-order valence-corrected chi connectivity index (χ4v) is 2.79. The maximum atomic E-state index is 13.0. The van der Waals surface area contributed by atoms with Crippen LogP contribution in [0.4, 0.5) is 19.0 Å². The summed E-state index contributed by atoms with van der Waals surface area (Å²) in [6.45, 7) is 0.0833. The van der Waals surface area contributed by atoms with Crippen LogP contribution in [0, 0.1) is 0 Å². The predicted octanol–water partition coefficient (Wildman–Crippen LogP) is 2.38. The number of halogens is 3. The van der Waals surface area contributed by atoms with Crippen molar-refractivity contribution in [2.75, 3.05) is 12.3 Å². The number of likely N-dealkylation sites (tertiary alicyclic amines) is 1. The minimum atomic E-state index is -4.43. The zero-order valence-corrected chi connectivity index (χ0v) is 11.5. The van der Waals surface area contributed by atoms with E-state index in [-0.39, 0.29) is 29.9 Å². The van der Waals surface area contributed by atoms with Gasteiger partial charge in [0.05, 0.1) is 11.1 Å². The molecule has 8 heteroatoms. The van der Waals surface area contributed by atoms with E-state index in [1.54, 1.807) is 12.1 Å². The van der Waals surface area contributed by atoms with Gasteiger partial charge in [-0.05, 0) is 25.0 Å². The maximum Gasteiger partial charge on any atom is 0.408 e. The Kier molecular flexibility index (Phi) is 3.38. The van der Waals surface area contributed by atoms with Crippen LogP contribution in [0.1, 0.15) is 23.2 Å². The fraction of sp³-hybridized carbons (Fsp3) is 0.357. The van der Waals surface area contributed by atoms with Gasteiger partial charge in [0.2, 0.25) is 0 Å². The molecule has 3 rings (SSSR count). The predicted molar refractivity (Wildman–Crippen MR) is 74.1 cm³/mol. The average molecular weight is 310 g/mol. The van der Waals surface area contributed by atoms with E-state index in [2.05, 4.69) is 9.97 Å². The number of hydrogen-bond acceptors (Lipinski definition) is 4. The van der Waals surface area contributed by atoms with E-state index in [4.69, 9.17) is 5.73 Å². The van der Waals surface area contributed by atoms with Crippen molar-refractivity contribution in [3.63, 3.8) is 0 Å². The summed E-state index contributed by atoms with van der Waals surface area (Å²) in [5.74, 6) is -0.489. The summed E-state index contributed by atoms with van der Waals surface area (Å²) in [7, 11) is 0. The van der Waals surface area contributed by atoms with E-state index in [1.807, 2.05) is 0 Å². The van der Waals surface area contributed by atoms with Crippen LogP contribution in [0.5, 0.6) is 0 Å². The molecular weight excluding hydrogens is 297 g/mol. The molecule has 1 aromatic carbocycles. The Balaban J connectivity index is 2.04. The van der Waals surface area contributed by atoms with Gasteiger partial charge in [-0.1, -0.05) is 6.07 Å². The maximum absolute atomic E-state index is 13.0. The Bertz CT molecular complexity index is 732. The molecule has 116 valence electrons. The fourth-order valence-electron chi connectivity index (χ4n) is 2.79. The van der Waals surface area contributed by atoms with Gasteiger partial charge in [-0.25, -0.2) is 9.97 Å². The first-order chi connectivity index (χ1) is 10.4. The number of amides is 1. The van der Waals surface area contributed by atoms with Crippen molar-refractivity contribution in [3.05, 3.63) is 30.1 Å². The van der Waals surface area contributed by atoms with Crippen molar-refractivity contribution in [2.24, 2.45) is 0 Å². The molecule has 1 fully saturated rings. The van der Waals surface area contributed by atoms with Crippen LogP contribution in [-0.4, -0.2) is 39.5 Å². The van der Waals surface area contributed by atoms with Crippen LogP contribution >= 0.6 is 0 Å². The quantitative estimate of drug-likeness (QED) is 0.878. The standard InChI is InChI=1S/C14H13F3N4O/c15-14(16,17)10-5-2-6-21(10)13(22)9-4-1-3-8-11(9)19-7-20-12(8)18/h1,3-4,7,10H,2,5-6H2,(H2,18,19,20)/t10-/m1/s1. The number of alkyl halides is 3. The number of carbonyl (C=O) groups excluding carboxylic acids is 1. The SMILES string of the molecule is Nc1ncnc2c(C(=O)N3CCC[C@@H]3C(F)(F)F)cccc12. The van der Waals surface area contributed by atoms with Crippen molar-refractivity contribution in [1.29, 1.82) is 0 Å². The summed E-state index contributed by atoms with van der Waals surface area (Å²) in [6, 6.07) is 2.91. The molecule has 2 aromatic rings. The zero-order valence-electron chi connectivity index (χ0n) is 11.5. The van der Waals surface area contributed by atoms with Crippen molar-refractivity contribution in [2.45, 2.75) is 25.1 Å². The Labute approximate surface area is 123 Å². The number of nitrogens with zero attached hydrogens (tertiary/aromatic N) is 3. The number of nitrogens with two attached hydrogens (primary N) is 1. The lowest BCUT2D eigenvalue weighted by Gasteiger charge is -2.26. The summed E-state index contributed by atoms with van der Waals surface area (Å²) in [5, 5.41) is 0.455. The molecule has 2 heterocycles. The minimum Gasteiger partial charge on any atom is -0.383 e. The number of rotatable bonds is 1. The van der Waals surface area contributed by atoms with Crippen LogP contribution in [0.3, 0.4) is 0 Å². The summed E-state index contributed by atoms with van der Waals surface area (Å²) in [4.78, 5) is 21.2. The Morgan fingerprint density at radius 3 is 2.82 bits per heavy atom. The molecule has 22 heavy (non-hydrogen) atoms. The molecular formula is C14H13F3N4O. The van der Waals surface area contributed by atoms with Gasteiger partial charge in [-0.3, -0.25) is 4.79 Å². The highest BCUT2D eigenvalue weighted by Gasteiger charge is 2.48. The molecule has 0 unspecified atom stereocenters. The number of para-hydroxylation sites is 1. The largest absolute Gasteiger partial charge is 0.408 e. The van der Waals surface area contributed by atoms with Crippen LogP contribution in [-0.2, 0) is 0 Å². The van der Waals surface area contributed by atoms with Crippen molar-refractivity contribution < 1.29 is 18.0 Å². The molecule has 2 N–H and O–H groups in total. The Hall–Kier alpha value is -2.38. The number of fused-ring (bicyclic) bond motifs is 1. The van der Waals surface area contributed by atoms with Crippen molar-refractivity contribution in [3.8, 4) is 0 Å². The number of aromatic nitrogens is 2. The lowest BCUT2D eigenvalue weighted by molar-refractivity contribution is -0.169. The summed E-state index contributed by atoms with van der Waals surface area (Å²) >= 11 is 0. The van der Waals surface area contributed by atoms with Gasteiger partial charge in [0.25, 0.3) is 5.91 Å².